The molecule has 2 bridgehead atoms. The van der Waals surface area contributed by atoms with Crippen molar-refractivity contribution in [1.29, 1.82) is 0 Å². The predicted octanol–water partition coefficient (Wildman–Crippen LogP) is 2.05. The fourth-order valence-corrected chi connectivity index (χ4v) is 5.31. The molecule has 3 fully saturated rings. The lowest BCUT2D eigenvalue weighted by molar-refractivity contribution is 0.134. The van der Waals surface area contributed by atoms with Crippen molar-refractivity contribution in [2.24, 2.45) is 0 Å². The first-order chi connectivity index (χ1) is 7.22. The molecule has 0 aromatic heterocycles. The molecule has 86 valence electrons. The lowest BCUT2D eigenvalue weighted by Gasteiger charge is -2.43. The molecule has 3 rings (SSSR count). The van der Waals surface area contributed by atoms with E-state index in [0.717, 1.165) is 18.1 Å². The van der Waals surface area contributed by atoms with Crippen LogP contribution in [-0.4, -0.2) is 40.7 Å². The average Bonchev–Trinajstić information content (AvgIpc) is 2.69. The number of hydrogen-bond donors (Lipinski definition) is 1. The molecule has 0 saturated carbocycles. The molecule has 3 aliphatic rings. The molecule has 15 heavy (non-hydrogen) atoms. The van der Waals surface area contributed by atoms with Crippen molar-refractivity contribution >= 4 is 11.8 Å². The Morgan fingerprint density at radius 1 is 1.33 bits per heavy atom. The van der Waals surface area contributed by atoms with Crippen molar-refractivity contribution in [1.82, 2.24) is 10.2 Å². The molecule has 2 nitrogen and oxygen atoms in total. The van der Waals surface area contributed by atoms with Gasteiger partial charge in [-0.3, -0.25) is 5.32 Å². The number of piperidine rings is 1. The van der Waals surface area contributed by atoms with Gasteiger partial charge in [-0.1, -0.05) is 6.92 Å². The molecule has 3 atom stereocenters. The largest absolute Gasteiger partial charge is 0.300 e. The number of fused-ring (bicyclic) bond motifs is 2. The molecular formula is C12H22N2S. The molecule has 3 unspecified atom stereocenters. The monoisotopic (exact) mass is 226 g/mol. The summed E-state index contributed by atoms with van der Waals surface area (Å²) in [6.07, 6.45) is 6.91. The van der Waals surface area contributed by atoms with Gasteiger partial charge < -0.3 is 4.90 Å². The summed E-state index contributed by atoms with van der Waals surface area (Å²) in [5, 5.41) is 3.91. The van der Waals surface area contributed by atoms with Crippen LogP contribution in [0.4, 0.5) is 0 Å². The number of nitrogens with one attached hydrogen (secondary N) is 1. The highest BCUT2D eigenvalue weighted by Gasteiger charge is 2.50. The van der Waals surface area contributed by atoms with Crippen LogP contribution >= 0.6 is 11.8 Å². The van der Waals surface area contributed by atoms with Gasteiger partial charge in [0.15, 0.2) is 0 Å². The van der Waals surface area contributed by atoms with E-state index in [4.69, 9.17) is 0 Å². The fourth-order valence-electron chi connectivity index (χ4n) is 3.60. The van der Waals surface area contributed by atoms with Crippen LogP contribution in [0, 0.1) is 0 Å². The minimum Gasteiger partial charge on any atom is -0.300 e. The van der Waals surface area contributed by atoms with Gasteiger partial charge in [0.25, 0.3) is 0 Å². The molecule has 3 aliphatic heterocycles. The van der Waals surface area contributed by atoms with Crippen molar-refractivity contribution in [2.75, 3.05) is 12.8 Å². The Morgan fingerprint density at radius 2 is 2.00 bits per heavy atom. The number of hydrogen-bond acceptors (Lipinski definition) is 3. The SMILES string of the molecule is CCC1CSC2(CC3CCC(C2)N3C)N1. The third kappa shape index (κ3) is 1.63. The molecule has 1 spiro atoms. The Bertz CT molecular complexity index is 242. The Labute approximate surface area is 97.2 Å². The van der Waals surface area contributed by atoms with Crippen molar-refractivity contribution in [2.45, 2.75) is 62.0 Å². The van der Waals surface area contributed by atoms with Gasteiger partial charge in [0.2, 0.25) is 0 Å². The van der Waals surface area contributed by atoms with E-state index in [2.05, 4.69) is 35.9 Å². The molecule has 3 heterocycles. The second-order valence-corrected chi connectivity index (χ2v) is 6.92. The zero-order chi connectivity index (χ0) is 10.5. The van der Waals surface area contributed by atoms with Crippen molar-refractivity contribution in [3.05, 3.63) is 0 Å². The van der Waals surface area contributed by atoms with Crippen LogP contribution in [-0.2, 0) is 0 Å². The van der Waals surface area contributed by atoms with E-state index >= 15 is 0 Å². The maximum absolute atomic E-state index is 3.91. The molecular weight excluding hydrogens is 204 g/mol. The molecule has 0 amide bonds. The first-order valence-corrected chi connectivity index (χ1v) is 7.34. The highest BCUT2D eigenvalue weighted by atomic mass is 32.2. The molecule has 0 aromatic carbocycles. The smallest absolute Gasteiger partial charge is 0.0678 e. The van der Waals surface area contributed by atoms with Crippen molar-refractivity contribution in [3.63, 3.8) is 0 Å². The molecule has 0 aliphatic carbocycles. The average molecular weight is 226 g/mol. The van der Waals surface area contributed by atoms with Gasteiger partial charge in [-0.05, 0) is 39.2 Å². The van der Waals surface area contributed by atoms with E-state index in [0.29, 0.717) is 4.87 Å². The normalized spacial score (nSPS) is 50.4. The van der Waals surface area contributed by atoms with Gasteiger partial charge >= 0.3 is 0 Å². The Morgan fingerprint density at radius 3 is 2.53 bits per heavy atom. The van der Waals surface area contributed by atoms with Crippen molar-refractivity contribution < 1.29 is 0 Å². The standard InChI is InChI=1S/C12H22N2S/c1-3-9-8-15-12(13-9)6-10-4-5-11(7-12)14(10)2/h9-11,13H,3-8H2,1-2H3. The van der Waals surface area contributed by atoms with Crippen molar-refractivity contribution in [3.8, 4) is 0 Å². The van der Waals surface area contributed by atoms with Crippen LogP contribution in [0.3, 0.4) is 0 Å². The second-order valence-electron chi connectivity index (χ2n) is 5.51. The third-order valence-corrected chi connectivity index (χ3v) is 6.21. The number of nitrogens with zero attached hydrogens (tertiary/aromatic N) is 1. The highest BCUT2D eigenvalue weighted by Crippen LogP contribution is 2.48. The van der Waals surface area contributed by atoms with Crippen LogP contribution < -0.4 is 5.32 Å². The fraction of sp³-hybridized carbons (Fsp3) is 1.00. The zero-order valence-corrected chi connectivity index (χ0v) is 10.6. The van der Waals surface area contributed by atoms with Crippen LogP contribution in [0.2, 0.25) is 0 Å². The third-order valence-electron chi connectivity index (χ3n) is 4.64. The van der Waals surface area contributed by atoms with Crippen LogP contribution in [0.25, 0.3) is 0 Å². The van der Waals surface area contributed by atoms with Gasteiger partial charge in [0.1, 0.15) is 0 Å². The van der Waals surface area contributed by atoms with E-state index < -0.39 is 0 Å². The van der Waals surface area contributed by atoms with Gasteiger partial charge in [-0.25, -0.2) is 0 Å². The first kappa shape index (κ1) is 10.4. The summed E-state index contributed by atoms with van der Waals surface area (Å²) >= 11 is 2.21. The summed E-state index contributed by atoms with van der Waals surface area (Å²) in [7, 11) is 2.33. The zero-order valence-electron chi connectivity index (χ0n) is 9.83. The van der Waals surface area contributed by atoms with E-state index in [1.807, 2.05) is 0 Å². The quantitative estimate of drug-likeness (QED) is 0.737. The summed E-state index contributed by atoms with van der Waals surface area (Å²) in [6, 6.07) is 2.50. The lowest BCUT2D eigenvalue weighted by Crippen LogP contribution is -2.53. The number of rotatable bonds is 1. The lowest BCUT2D eigenvalue weighted by atomic mass is 9.96. The van der Waals surface area contributed by atoms with Crippen LogP contribution in [0.15, 0.2) is 0 Å². The van der Waals surface area contributed by atoms with E-state index in [1.165, 1.54) is 37.9 Å². The Balaban J connectivity index is 1.74. The number of thioether (sulfide) groups is 1. The van der Waals surface area contributed by atoms with Gasteiger partial charge in [-0.15, -0.1) is 11.8 Å². The van der Waals surface area contributed by atoms with Gasteiger partial charge in [0, 0.05) is 23.9 Å². The first-order valence-electron chi connectivity index (χ1n) is 6.36. The molecule has 1 N–H and O–H groups in total. The molecule has 3 saturated heterocycles. The van der Waals surface area contributed by atoms with E-state index in [1.54, 1.807) is 0 Å². The van der Waals surface area contributed by atoms with Crippen LogP contribution in [0.1, 0.15) is 39.0 Å². The Hall–Kier alpha value is 0.270. The van der Waals surface area contributed by atoms with E-state index in [-0.39, 0.29) is 0 Å². The molecule has 3 heteroatoms. The maximum atomic E-state index is 3.91. The minimum atomic E-state index is 0.457. The summed E-state index contributed by atoms with van der Waals surface area (Å²) in [5.41, 5.74) is 0. The summed E-state index contributed by atoms with van der Waals surface area (Å²) < 4.78 is 0. The van der Waals surface area contributed by atoms with Gasteiger partial charge in [0.05, 0.1) is 4.87 Å². The second kappa shape index (κ2) is 3.64. The highest BCUT2D eigenvalue weighted by molar-refractivity contribution is 8.00. The van der Waals surface area contributed by atoms with Crippen LogP contribution in [0.5, 0.6) is 0 Å². The predicted molar refractivity (Wildman–Crippen MR) is 66.2 cm³/mol. The topological polar surface area (TPSA) is 15.3 Å². The minimum absolute atomic E-state index is 0.457. The Kier molecular flexibility index (Phi) is 2.53. The van der Waals surface area contributed by atoms with E-state index in [9.17, 15) is 0 Å². The summed E-state index contributed by atoms with van der Waals surface area (Å²) in [4.78, 5) is 3.09. The summed E-state index contributed by atoms with van der Waals surface area (Å²) in [5.74, 6) is 1.33. The molecule has 0 radical (unpaired) electrons. The molecule has 0 aromatic rings. The van der Waals surface area contributed by atoms with Gasteiger partial charge in [-0.2, -0.15) is 0 Å². The summed E-state index contributed by atoms with van der Waals surface area (Å²) in [6.45, 7) is 2.31. The maximum Gasteiger partial charge on any atom is 0.0678 e.